The number of thiophene rings is 1. The molecule has 1 amide bonds. The topological polar surface area (TPSA) is 92.4 Å². The number of para-hydroxylation sites is 1. The third kappa shape index (κ3) is 3.22. The Bertz CT molecular complexity index is 1150. The van der Waals surface area contributed by atoms with Crippen LogP contribution in [0.2, 0.25) is 0 Å². The van der Waals surface area contributed by atoms with Crippen molar-refractivity contribution in [3.8, 4) is 0 Å². The summed E-state index contributed by atoms with van der Waals surface area (Å²) in [6.07, 6.45) is 2.68. The molecule has 2 N–H and O–H groups in total. The van der Waals surface area contributed by atoms with Crippen molar-refractivity contribution in [3.63, 3.8) is 0 Å². The third-order valence-corrected chi connectivity index (χ3v) is 6.22. The molecule has 28 heavy (non-hydrogen) atoms. The van der Waals surface area contributed by atoms with E-state index in [1.165, 1.54) is 18.4 Å². The number of ether oxygens (including phenoxy) is 1. The van der Waals surface area contributed by atoms with Crippen molar-refractivity contribution in [2.24, 2.45) is 5.92 Å². The molecule has 0 bridgehead atoms. The van der Waals surface area contributed by atoms with Crippen LogP contribution in [0.15, 0.2) is 34.7 Å². The van der Waals surface area contributed by atoms with Gasteiger partial charge in [-0.1, -0.05) is 25.1 Å². The van der Waals surface area contributed by atoms with Crippen molar-refractivity contribution in [1.82, 2.24) is 0 Å². The maximum absolute atomic E-state index is 12.9. The van der Waals surface area contributed by atoms with Crippen LogP contribution in [0, 0.1) is 11.3 Å². The fourth-order valence-electron chi connectivity index (χ4n) is 3.57. The Hall–Kier alpha value is -2.93. The Kier molecular flexibility index (Phi) is 4.77. The number of carbonyl (C=O) groups is 2. The number of carbonyl (C=O) groups excluding carboxylic acids is 2. The van der Waals surface area contributed by atoms with Gasteiger partial charge < -0.3 is 14.5 Å². The lowest BCUT2D eigenvalue weighted by molar-refractivity contribution is 0.0601. The summed E-state index contributed by atoms with van der Waals surface area (Å²) in [7, 11) is 1.34. The Balaban J connectivity index is 1.73. The Morgan fingerprint density at radius 2 is 2.11 bits per heavy atom. The summed E-state index contributed by atoms with van der Waals surface area (Å²) < 4.78 is 10.4. The van der Waals surface area contributed by atoms with Gasteiger partial charge in [-0.05, 0) is 42.9 Å². The first kappa shape index (κ1) is 18.4. The number of methoxy groups -OCH3 is 1. The fraction of sp³-hybridized carbons (Fsp3) is 0.286. The van der Waals surface area contributed by atoms with E-state index in [1.54, 1.807) is 12.1 Å². The quantitative estimate of drug-likeness (QED) is 0.651. The fourth-order valence-corrected chi connectivity index (χ4v) is 4.97. The van der Waals surface area contributed by atoms with Gasteiger partial charge in [0.15, 0.2) is 0 Å². The Morgan fingerprint density at radius 3 is 2.89 bits per heavy atom. The van der Waals surface area contributed by atoms with E-state index in [0.717, 1.165) is 35.1 Å². The summed E-state index contributed by atoms with van der Waals surface area (Å²) in [4.78, 5) is 26.4. The van der Waals surface area contributed by atoms with E-state index in [-0.39, 0.29) is 11.1 Å². The van der Waals surface area contributed by atoms with Gasteiger partial charge in [0.2, 0.25) is 5.55 Å². The van der Waals surface area contributed by atoms with Crippen molar-refractivity contribution in [1.29, 1.82) is 5.41 Å². The number of nitrogens with one attached hydrogen (secondary N) is 2. The molecule has 144 valence electrons. The molecule has 0 radical (unpaired) electrons. The van der Waals surface area contributed by atoms with Gasteiger partial charge in [-0.25, -0.2) is 4.79 Å². The van der Waals surface area contributed by atoms with E-state index >= 15 is 0 Å². The molecule has 4 rings (SSSR count). The molecule has 1 unspecified atom stereocenters. The molecule has 1 aliphatic carbocycles. The predicted molar refractivity (Wildman–Crippen MR) is 107 cm³/mol. The monoisotopic (exact) mass is 396 g/mol. The van der Waals surface area contributed by atoms with E-state index in [0.29, 0.717) is 22.1 Å². The standard InChI is InChI=1S/C21H20N2O4S/c1-11-7-8-13-16(9-11)28-20(17(13)21(25)26-2)23-19(24)14-10-12-5-3-4-6-15(12)27-18(14)22/h3-6,10-11,22H,7-9H2,1-2H3,(H,23,24). The summed E-state index contributed by atoms with van der Waals surface area (Å²) >= 11 is 1.42. The molecule has 2 aromatic heterocycles. The van der Waals surface area contributed by atoms with Crippen LogP contribution >= 0.6 is 11.3 Å². The van der Waals surface area contributed by atoms with Crippen molar-refractivity contribution in [3.05, 3.63) is 57.5 Å². The van der Waals surface area contributed by atoms with E-state index in [4.69, 9.17) is 14.6 Å². The van der Waals surface area contributed by atoms with Crippen molar-refractivity contribution in [2.45, 2.75) is 26.2 Å². The molecule has 0 spiro atoms. The molecular weight excluding hydrogens is 376 g/mol. The van der Waals surface area contributed by atoms with Crippen molar-refractivity contribution in [2.75, 3.05) is 12.4 Å². The average Bonchev–Trinajstić information content (AvgIpc) is 3.03. The second-order valence-electron chi connectivity index (χ2n) is 7.03. The number of amides is 1. The highest BCUT2D eigenvalue weighted by Gasteiger charge is 2.29. The minimum atomic E-state index is -0.476. The number of benzene rings is 1. The molecule has 2 heterocycles. The summed E-state index contributed by atoms with van der Waals surface area (Å²) in [5.41, 5.74) is 1.85. The van der Waals surface area contributed by atoms with Gasteiger partial charge in [-0.2, -0.15) is 0 Å². The lowest BCUT2D eigenvalue weighted by atomic mass is 9.88. The number of esters is 1. The highest BCUT2D eigenvalue weighted by atomic mass is 32.1. The van der Waals surface area contributed by atoms with Gasteiger partial charge in [-0.3, -0.25) is 10.2 Å². The molecule has 0 saturated heterocycles. The molecule has 3 aromatic rings. The zero-order chi connectivity index (χ0) is 19.8. The van der Waals surface area contributed by atoms with Crippen LogP contribution in [-0.2, 0) is 17.6 Å². The largest absolute Gasteiger partial charge is 0.465 e. The SMILES string of the molecule is COC(=O)c1c(NC(=O)c2cc3ccccc3oc2=N)sc2c1CCC(C)C2. The first-order valence-corrected chi connectivity index (χ1v) is 9.91. The zero-order valence-electron chi connectivity index (χ0n) is 15.6. The molecule has 0 aliphatic heterocycles. The maximum Gasteiger partial charge on any atom is 0.341 e. The van der Waals surface area contributed by atoms with Gasteiger partial charge in [0.25, 0.3) is 5.91 Å². The van der Waals surface area contributed by atoms with Crippen LogP contribution in [0.1, 0.15) is 44.5 Å². The molecule has 6 nitrogen and oxygen atoms in total. The summed E-state index contributed by atoms with van der Waals surface area (Å²) in [5, 5.41) is 12.1. The average molecular weight is 396 g/mol. The molecule has 0 fully saturated rings. The van der Waals surface area contributed by atoms with Gasteiger partial charge in [0.05, 0.1) is 12.7 Å². The minimum absolute atomic E-state index is 0.120. The summed E-state index contributed by atoms with van der Waals surface area (Å²) in [6, 6.07) is 8.85. The highest BCUT2D eigenvalue weighted by Crippen LogP contribution is 2.40. The minimum Gasteiger partial charge on any atom is -0.465 e. The first-order valence-electron chi connectivity index (χ1n) is 9.09. The van der Waals surface area contributed by atoms with E-state index in [2.05, 4.69) is 12.2 Å². The Labute approximate surface area is 165 Å². The smallest absolute Gasteiger partial charge is 0.341 e. The number of hydrogen-bond donors (Lipinski definition) is 2. The Morgan fingerprint density at radius 1 is 1.32 bits per heavy atom. The second kappa shape index (κ2) is 7.24. The first-order chi connectivity index (χ1) is 13.5. The molecule has 1 aromatic carbocycles. The number of hydrogen-bond acceptors (Lipinski definition) is 6. The lowest BCUT2D eigenvalue weighted by Gasteiger charge is -2.18. The highest BCUT2D eigenvalue weighted by molar-refractivity contribution is 7.17. The van der Waals surface area contributed by atoms with Crippen molar-refractivity contribution >= 4 is 39.2 Å². The van der Waals surface area contributed by atoms with E-state index in [1.807, 2.05) is 18.2 Å². The molecule has 1 aliphatic rings. The van der Waals surface area contributed by atoms with Crippen LogP contribution in [0.3, 0.4) is 0 Å². The normalized spacial score (nSPS) is 15.9. The molecule has 1 atom stereocenters. The van der Waals surface area contributed by atoms with Gasteiger partial charge in [0.1, 0.15) is 16.1 Å². The van der Waals surface area contributed by atoms with E-state index in [9.17, 15) is 9.59 Å². The number of anilines is 1. The zero-order valence-corrected chi connectivity index (χ0v) is 16.4. The summed E-state index contributed by atoms with van der Waals surface area (Å²) in [5.74, 6) is -0.382. The predicted octanol–water partition coefficient (Wildman–Crippen LogP) is 4.14. The van der Waals surface area contributed by atoms with Gasteiger partial charge in [-0.15, -0.1) is 11.3 Å². The van der Waals surface area contributed by atoms with Crippen LogP contribution in [0.25, 0.3) is 11.0 Å². The number of fused-ring (bicyclic) bond motifs is 2. The van der Waals surface area contributed by atoms with Crippen LogP contribution in [0.4, 0.5) is 5.00 Å². The second-order valence-corrected chi connectivity index (χ2v) is 8.13. The summed E-state index contributed by atoms with van der Waals surface area (Å²) in [6.45, 7) is 2.18. The molecule has 7 heteroatoms. The van der Waals surface area contributed by atoms with Crippen LogP contribution in [-0.4, -0.2) is 19.0 Å². The van der Waals surface area contributed by atoms with Gasteiger partial charge >= 0.3 is 5.97 Å². The van der Waals surface area contributed by atoms with Gasteiger partial charge in [0, 0.05) is 10.3 Å². The third-order valence-electron chi connectivity index (χ3n) is 5.05. The van der Waals surface area contributed by atoms with Crippen LogP contribution < -0.4 is 10.9 Å². The van der Waals surface area contributed by atoms with Crippen LogP contribution in [0.5, 0.6) is 0 Å². The lowest BCUT2D eigenvalue weighted by Crippen LogP contribution is -2.21. The number of rotatable bonds is 3. The maximum atomic E-state index is 12.9. The molecular formula is C21H20N2O4S. The van der Waals surface area contributed by atoms with Crippen molar-refractivity contribution < 1.29 is 18.7 Å². The molecule has 0 saturated carbocycles. The van der Waals surface area contributed by atoms with E-state index < -0.39 is 11.9 Å².